The molecule has 0 N–H and O–H groups in total. The normalized spacial score (nSPS) is 11.1. The molecule has 2 heterocycles. The van der Waals surface area contributed by atoms with Gasteiger partial charge in [0.1, 0.15) is 29.3 Å². The Balaban J connectivity index is 1.63. The van der Waals surface area contributed by atoms with Crippen molar-refractivity contribution in [1.82, 2.24) is 0 Å². The zero-order valence-corrected chi connectivity index (χ0v) is 15.1. The number of methoxy groups -OCH3 is 1. The minimum absolute atomic E-state index is 0.00506. The predicted octanol–water partition coefficient (Wildman–Crippen LogP) is 4.35. The van der Waals surface area contributed by atoms with Gasteiger partial charge in [0, 0.05) is 34.0 Å². The van der Waals surface area contributed by atoms with Gasteiger partial charge in [-0.3, -0.25) is 0 Å². The smallest absolute Gasteiger partial charge is 0.374 e. The Morgan fingerprint density at radius 2 is 1.86 bits per heavy atom. The molecule has 28 heavy (non-hydrogen) atoms. The number of fused-ring (bicyclic) bond motifs is 2. The highest BCUT2D eigenvalue weighted by atomic mass is 19.1. The molecule has 0 saturated heterocycles. The second kappa shape index (κ2) is 6.84. The lowest BCUT2D eigenvalue weighted by Gasteiger charge is -2.07. The summed E-state index contributed by atoms with van der Waals surface area (Å²) in [7, 11) is 1.51. The SMILES string of the molecule is COc1ccc2c(COC(=O)c3oc4ccc(F)cc4c3C)cc(=O)oc2c1. The predicted molar refractivity (Wildman–Crippen MR) is 99.1 cm³/mol. The number of ether oxygens (including phenoxy) is 2. The highest BCUT2D eigenvalue weighted by molar-refractivity contribution is 5.96. The van der Waals surface area contributed by atoms with Gasteiger partial charge in [0.15, 0.2) is 0 Å². The number of furan rings is 1. The van der Waals surface area contributed by atoms with Crippen LogP contribution in [0.5, 0.6) is 5.75 Å². The lowest BCUT2D eigenvalue weighted by atomic mass is 10.1. The Bertz CT molecular complexity index is 1270. The van der Waals surface area contributed by atoms with Gasteiger partial charge in [-0.1, -0.05) is 0 Å². The van der Waals surface area contributed by atoms with Crippen LogP contribution in [0.4, 0.5) is 4.39 Å². The first-order valence-electron chi connectivity index (χ1n) is 8.43. The summed E-state index contributed by atoms with van der Waals surface area (Å²) in [5.41, 5.74) is 1.13. The molecular formula is C21H15FO6. The first kappa shape index (κ1) is 17.8. The van der Waals surface area contributed by atoms with Crippen LogP contribution in [0.25, 0.3) is 21.9 Å². The number of halogens is 1. The summed E-state index contributed by atoms with van der Waals surface area (Å²) in [6, 6.07) is 10.3. The van der Waals surface area contributed by atoms with Gasteiger partial charge < -0.3 is 18.3 Å². The number of carbonyl (C=O) groups is 1. The van der Waals surface area contributed by atoms with Crippen molar-refractivity contribution in [2.24, 2.45) is 0 Å². The zero-order chi connectivity index (χ0) is 19.8. The van der Waals surface area contributed by atoms with E-state index in [0.29, 0.717) is 38.8 Å². The van der Waals surface area contributed by atoms with Crippen LogP contribution in [0, 0.1) is 12.7 Å². The number of esters is 1. The van der Waals surface area contributed by atoms with Gasteiger partial charge in [-0.15, -0.1) is 0 Å². The van der Waals surface area contributed by atoms with E-state index in [0.717, 1.165) is 0 Å². The topological polar surface area (TPSA) is 78.9 Å². The molecule has 0 aliphatic rings. The summed E-state index contributed by atoms with van der Waals surface area (Å²) in [6.45, 7) is 1.50. The van der Waals surface area contributed by atoms with E-state index in [9.17, 15) is 14.0 Å². The minimum Gasteiger partial charge on any atom is -0.497 e. The van der Waals surface area contributed by atoms with E-state index in [1.165, 1.54) is 31.4 Å². The molecule has 0 aliphatic carbocycles. The number of aryl methyl sites for hydroxylation is 1. The summed E-state index contributed by atoms with van der Waals surface area (Å²) in [5.74, 6) is -0.595. The van der Waals surface area contributed by atoms with Crippen LogP contribution in [0.1, 0.15) is 21.7 Å². The summed E-state index contributed by atoms with van der Waals surface area (Å²) in [6.07, 6.45) is 0. The Labute approximate surface area is 158 Å². The van der Waals surface area contributed by atoms with Crippen LogP contribution in [-0.4, -0.2) is 13.1 Å². The first-order chi connectivity index (χ1) is 13.5. The van der Waals surface area contributed by atoms with E-state index >= 15 is 0 Å². The standard InChI is InChI=1S/C21H15FO6/c1-11-16-8-13(22)3-6-17(16)28-20(11)21(24)26-10-12-7-19(23)27-18-9-14(25-2)4-5-15(12)18/h3-9H,10H2,1-2H3. The molecular weight excluding hydrogens is 367 g/mol. The van der Waals surface area contributed by atoms with Crippen molar-refractivity contribution in [2.45, 2.75) is 13.5 Å². The largest absolute Gasteiger partial charge is 0.497 e. The summed E-state index contributed by atoms with van der Waals surface area (Å²) in [5, 5.41) is 1.13. The van der Waals surface area contributed by atoms with Gasteiger partial charge in [0.25, 0.3) is 0 Å². The molecule has 0 unspecified atom stereocenters. The molecule has 0 aliphatic heterocycles. The maximum Gasteiger partial charge on any atom is 0.374 e. The molecule has 0 bridgehead atoms. The van der Waals surface area contributed by atoms with E-state index in [-0.39, 0.29) is 12.4 Å². The molecule has 0 saturated carbocycles. The van der Waals surface area contributed by atoms with Crippen molar-refractivity contribution in [3.63, 3.8) is 0 Å². The van der Waals surface area contributed by atoms with Gasteiger partial charge in [-0.25, -0.2) is 14.0 Å². The number of hydrogen-bond donors (Lipinski definition) is 0. The lowest BCUT2D eigenvalue weighted by Crippen LogP contribution is -2.08. The molecule has 7 heteroatoms. The number of benzene rings is 2. The van der Waals surface area contributed by atoms with Crippen LogP contribution >= 0.6 is 0 Å². The number of rotatable bonds is 4. The van der Waals surface area contributed by atoms with E-state index in [1.807, 2.05) is 0 Å². The molecule has 0 atom stereocenters. The highest BCUT2D eigenvalue weighted by Crippen LogP contribution is 2.27. The average Bonchev–Trinajstić information content (AvgIpc) is 3.01. The van der Waals surface area contributed by atoms with Crippen molar-refractivity contribution in [1.29, 1.82) is 0 Å². The maximum absolute atomic E-state index is 13.4. The monoisotopic (exact) mass is 382 g/mol. The van der Waals surface area contributed by atoms with Crippen LogP contribution in [0.15, 0.2) is 56.1 Å². The van der Waals surface area contributed by atoms with Crippen molar-refractivity contribution < 1.29 is 27.5 Å². The Hall–Kier alpha value is -3.61. The Kier molecular flexibility index (Phi) is 4.35. The fourth-order valence-corrected chi connectivity index (χ4v) is 3.05. The van der Waals surface area contributed by atoms with E-state index in [2.05, 4.69) is 0 Å². The summed E-state index contributed by atoms with van der Waals surface area (Å²) in [4.78, 5) is 24.3. The Morgan fingerprint density at radius 3 is 2.64 bits per heavy atom. The van der Waals surface area contributed by atoms with E-state index in [1.54, 1.807) is 25.1 Å². The van der Waals surface area contributed by atoms with Crippen LogP contribution in [-0.2, 0) is 11.3 Å². The average molecular weight is 382 g/mol. The summed E-state index contributed by atoms with van der Waals surface area (Å²) < 4.78 is 34.6. The maximum atomic E-state index is 13.4. The number of carbonyl (C=O) groups excluding carboxylic acids is 1. The molecule has 142 valence electrons. The van der Waals surface area contributed by atoms with Gasteiger partial charge in [-0.2, -0.15) is 0 Å². The third kappa shape index (κ3) is 3.11. The van der Waals surface area contributed by atoms with Crippen molar-refractivity contribution in [2.75, 3.05) is 7.11 Å². The third-order valence-electron chi connectivity index (χ3n) is 4.48. The minimum atomic E-state index is -0.705. The van der Waals surface area contributed by atoms with Crippen LogP contribution < -0.4 is 10.4 Å². The molecule has 0 amide bonds. The molecule has 6 nitrogen and oxygen atoms in total. The van der Waals surface area contributed by atoms with Crippen molar-refractivity contribution in [3.05, 3.63) is 75.6 Å². The van der Waals surface area contributed by atoms with Gasteiger partial charge in [0.2, 0.25) is 5.76 Å². The highest BCUT2D eigenvalue weighted by Gasteiger charge is 2.20. The molecule has 0 fully saturated rings. The first-order valence-corrected chi connectivity index (χ1v) is 8.43. The lowest BCUT2D eigenvalue weighted by molar-refractivity contribution is 0.0438. The van der Waals surface area contributed by atoms with Gasteiger partial charge in [-0.05, 0) is 37.3 Å². The summed E-state index contributed by atoms with van der Waals surface area (Å²) >= 11 is 0. The second-order valence-electron chi connectivity index (χ2n) is 6.23. The van der Waals surface area contributed by atoms with Crippen LogP contribution in [0.2, 0.25) is 0 Å². The fourth-order valence-electron chi connectivity index (χ4n) is 3.05. The Morgan fingerprint density at radius 1 is 1.04 bits per heavy atom. The van der Waals surface area contributed by atoms with Crippen LogP contribution in [0.3, 0.4) is 0 Å². The molecule has 2 aromatic carbocycles. The third-order valence-corrected chi connectivity index (χ3v) is 4.48. The molecule has 4 aromatic rings. The molecule has 2 aromatic heterocycles. The zero-order valence-electron chi connectivity index (χ0n) is 15.1. The quantitative estimate of drug-likeness (QED) is 0.386. The van der Waals surface area contributed by atoms with Gasteiger partial charge in [0.05, 0.1) is 7.11 Å². The molecule has 0 spiro atoms. The fraction of sp³-hybridized carbons (Fsp3) is 0.143. The molecule has 0 radical (unpaired) electrons. The molecule has 4 rings (SSSR count). The van der Waals surface area contributed by atoms with E-state index < -0.39 is 17.4 Å². The number of hydrogen-bond acceptors (Lipinski definition) is 6. The van der Waals surface area contributed by atoms with Crippen molar-refractivity contribution in [3.8, 4) is 5.75 Å². The van der Waals surface area contributed by atoms with E-state index in [4.69, 9.17) is 18.3 Å². The van der Waals surface area contributed by atoms with Crippen molar-refractivity contribution >= 4 is 27.9 Å². The van der Waals surface area contributed by atoms with Gasteiger partial charge >= 0.3 is 11.6 Å². The second-order valence-corrected chi connectivity index (χ2v) is 6.23.